The van der Waals surface area contributed by atoms with Gasteiger partial charge < -0.3 is 20.5 Å². The third kappa shape index (κ3) is 4.27. The highest BCUT2D eigenvalue weighted by Gasteiger charge is 2.21. The fourth-order valence-corrected chi connectivity index (χ4v) is 3.01. The Labute approximate surface area is 162 Å². The van der Waals surface area contributed by atoms with Crippen LogP contribution in [0.2, 0.25) is 0 Å². The van der Waals surface area contributed by atoms with Crippen molar-refractivity contribution in [2.45, 2.75) is 12.5 Å². The molecule has 0 radical (unpaired) electrons. The minimum Gasteiger partial charge on any atom is -0.496 e. The quantitative estimate of drug-likeness (QED) is 0.583. The van der Waals surface area contributed by atoms with Crippen LogP contribution in [0.1, 0.15) is 17.0 Å². The fourth-order valence-electron chi connectivity index (χ4n) is 3.01. The Hall–Kier alpha value is -3.45. The number of pyridine rings is 1. The van der Waals surface area contributed by atoms with Crippen molar-refractivity contribution in [2.24, 2.45) is 5.73 Å². The minimum absolute atomic E-state index is 0.0956. The molecule has 0 fully saturated rings. The number of nitrogens with two attached hydrogens (primary N) is 1. The minimum atomic E-state index is -0.553. The first-order valence-electron chi connectivity index (χ1n) is 8.73. The molecule has 3 rings (SSSR count). The molecule has 3 N–H and O–H groups in total. The number of fused-ring (bicyclic) bond motifs is 1. The van der Waals surface area contributed by atoms with Crippen LogP contribution in [0, 0.1) is 0 Å². The number of amides is 1. The van der Waals surface area contributed by atoms with Crippen molar-refractivity contribution in [2.75, 3.05) is 19.0 Å². The van der Waals surface area contributed by atoms with Crippen LogP contribution in [0.4, 0.5) is 5.69 Å². The topological polar surface area (TPSA) is 104 Å². The highest BCUT2D eigenvalue weighted by Crippen LogP contribution is 2.27. The second kappa shape index (κ2) is 8.96. The Morgan fingerprint density at radius 3 is 2.82 bits per heavy atom. The van der Waals surface area contributed by atoms with Gasteiger partial charge in [-0.2, -0.15) is 0 Å². The lowest BCUT2D eigenvalue weighted by Crippen LogP contribution is -2.27. The molecule has 1 atom stereocenters. The van der Waals surface area contributed by atoms with Crippen molar-refractivity contribution in [3.8, 4) is 5.75 Å². The van der Waals surface area contributed by atoms with E-state index in [0.29, 0.717) is 23.5 Å². The summed E-state index contributed by atoms with van der Waals surface area (Å²) < 4.78 is 10.1. The zero-order valence-corrected chi connectivity index (χ0v) is 15.4. The predicted octanol–water partition coefficient (Wildman–Crippen LogP) is 2.60. The number of aromatic nitrogens is 1. The number of hydrogen-bond donors (Lipinski definition) is 2. The monoisotopic (exact) mass is 379 g/mol. The van der Waals surface area contributed by atoms with Gasteiger partial charge in [-0.1, -0.05) is 18.2 Å². The molecule has 0 aliphatic heterocycles. The van der Waals surface area contributed by atoms with E-state index in [1.807, 2.05) is 24.3 Å². The van der Waals surface area contributed by atoms with E-state index in [-0.39, 0.29) is 19.1 Å². The normalized spacial score (nSPS) is 11.6. The average molecular weight is 379 g/mol. The fraction of sp³-hybridized carbons (Fsp3) is 0.190. The highest BCUT2D eigenvalue weighted by atomic mass is 16.5. The number of nitrogens with zero attached hydrogens (tertiary/aromatic N) is 1. The average Bonchev–Trinajstić information content (AvgIpc) is 2.73. The smallest absolute Gasteiger partial charge is 0.293 e. The summed E-state index contributed by atoms with van der Waals surface area (Å²) in [4.78, 5) is 27.3. The Morgan fingerprint density at radius 1 is 1.21 bits per heavy atom. The first-order chi connectivity index (χ1) is 13.7. The molecule has 2 aromatic carbocycles. The summed E-state index contributed by atoms with van der Waals surface area (Å²) in [7, 11) is 1.52. The number of rotatable bonds is 8. The van der Waals surface area contributed by atoms with E-state index in [9.17, 15) is 9.59 Å². The Balaban J connectivity index is 1.81. The number of hydrogen-bond acceptors (Lipinski definition) is 6. The van der Waals surface area contributed by atoms with Crippen molar-refractivity contribution >= 4 is 28.8 Å². The molecular weight excluding hydrogens is 358 g/mol. The number of nitrogens with one attached hydrogen (secondary N) is 1. The van der Waals surface area contributed by atoms with Gasteiger partial charge in [-0.3, -0.25) is 14.6 Å². The maximum atomic E-state index is 12.8. The van der Waals surface area contributed by atoms with Gasteiger partial charge in [0.05, 0.1) is 13.0 Å². The molecule has 0 aliphatic rings. The lowest BCUT2D eigenvalue weighted by Gasteiger charge is -2.18. The summed E-state index contributed by atoms with van der Waals surface area (Å²) in [5.41, 5.74) is 7.99. The van der Waals surface area contributed by atoms with E-state index >= 15 is 0 Å². The molecule has 28 heavy (non-hydrogen) atoms. The van der Waals surface area contributed by atoms with Crippen LogP contribution in [0.25, 0.3) is 10.8 Å². The highest BCUT2D eigenvalue weighted by molar-refractivity contribution is 5.98. The van der Waals surface area contributed by atoms with E-state index in [2.05, 4.69) is 10.3 Å². The molecular formula is C21H21N3O4. The molecule has 144 valence electrons. The molecule has 0 saturated carbocycles. The van der Waals surface area contributed by atoms with Gasteiger partial charge in [0.2, 0.25) is 5.91 Å². The summed E-state index contributed by atoms with van der Waals surface area (Å²) in [5.74, 6) is -0.235. The van der Waals surface area contributed by atoms with Gasteiger partial charge in [-0.05, 0) is 35.2 Å². The Bertz CT molecular complexity index is 990. The van der Waals surface area contributed by atoms with Gasteiger partial charge in [-0.25, -0.2) is 0 Å². The third-order valence-corrected chi connectivity index (χ3v) is 4.48. The summed E-state index contributed by atoms with van der Waals surface area (Å²) in [5, 5.41) is 4.90. The molecule has 7 heteroatoms. The van der Waals surface area contributed by atoms with E-state index < -0.39 is 5.92 Å². The van der Waals surface area contributed by atoms with E-state index in [1.54, 1.807) is 30.6 Å². The molecule has 1 amide bonds. The van der Waals surface area contributed by atoms with Crippen LogP contribution in [0.3, 0.4) is 0 Å². The molecule has 7 nitrogen and oxygen atoms in total. The predicted molar refractivity (Wildman–Crippen MR) is 106 cm³/mol. The summed E-state index contributed by atoms with van der Waals surface area (Å²) in [6.07, 6.45) is 3.48. The number of carbonyl (C=O) groups excluding carboxylic acids is 2. The van der Waals surface area contributed by atoms with Crippen molar-refractivity contribution < 1.29 is 19.1 Å². The number of benzene rings is 2. The molecule has 0 saturated heterocycles. The van der Waals surface area contributed by atoms with E-state index in [1.165, 1.54) is 7.11 Å². The van der Waals surface area contributed by atoms with Crippen molar-refractivity contribution in [3.63, 3.8) is 0 Å². The SMILES string of the molecule is COc1cc(C(CN)C(=O)Nc2ccc3cnccc3c2)ccc1COC=O. The summed E-state index contributed by atoms with van der Waals surface area (Å²) >= 11 is 0. The second-order valence-corrected chi connectivity index (χ2v) is 6.19. The van der Waals surface area contributed by atoms with E-state index in [4.69, 9.17) is 15.2 Å². The largest absolute Gasteiger partial charge is 0.496 e. The zero-order valence-electron chi connectivity index (χ0n) is 15.4. The molecule has 1 unspecified atom stereocenters. The molecule has 1 heterocycles. The first-order valence-corrected chi connectivity index (χ1v) is 8.73. The van der Waals surface area contributed by atoms with Crippen molar-refractivity contribution in [3.05, 3.63) is 66.0 Å². The van der Waals surface area contributed by atoms with Crippen LogP contribution >= 0.6 is 0 Å². The van der Waals surface area contributed by atoms with Gasteiger partial charge in [0, 0.05) is 35.6 Å². The Kier molecular flexibility index (Phi) is 6.18. The number of methoxy groups -OCH3 is 1. The molecule has 0 aliphatic carbocycles. The van der Waals surface area contributed by atoms with Gasteiger partial charge in [0.1, 0.15) is 12.4 Å². The van der Waals surface area contributed by atoms with E-state index in [0.717, 1.165) is 16.3 Å². The van der Waals surface area contributed by atoms with Crippen LogP contribution < -0.4 is 15.8 Å². The van der Waals surface area contributed by atoms with Gasteiger partial charge in [-0.15, -0.1) is 0 Å². The number of carbonyl (C=O) groups is 2. The van der Waals surface area contributed by atoms with Crippen LogP contribution in [-0.4, -0.2) is 31.0 Å². The third-order valence-electron chi connectivity index (χ3n) is 4.48. The second-order valence-electron chi connectivity index (χ2n) is 6.19. The number of ether oxygens (including phenoxy) is 2. The van der Waals surface area contributed by atoms with Gasteiger partial charge >= 0.3 is 0 Å². The van der Waals surface area contributed by atoms with Gasteiger partial charge in [0.15, 0.2) is 0 Å². The van der Waals surface area contributed by atoms with Gasteiger partial charge in [0.25, 0.3) is 6.47 Å². The van der Waals surface area contributed by atoms with Crippen molar-refractivity contribution in [1.82, 2.24) is 4.98 Å². The maximum absolute atomic E-state index is 12.8. The summed E-state index contributed by atoms with van der Waals surface area (Å²) in [6.45, 7) is 0.609. The van der Waals surface area contributed by atoms with Crippen molar-refractivity contribution in [1.29, 1.82) is 0 Å². The lowest BCUT2D eigenvalue weighted by atomic mass is 9.96. The lowest BCUT2D eigenvalue weighted by molar-refractivity contribution is -0.129. The summed E-state index contributed by atoms with van der Waals surface area (Å²) in [6, 6.07) is 12.8. The van der Waals surface area contributed by atoms with Crippen LogP contribution in [0.15, 0.2) is 54.9 Å². The van der Waals surface area contributed by atoms with Crippen LogP contribution in [-0.2, 0) is 20.9 Å². The van der Waals surface area contributed by atoms with Crippen LogP contribution in [0.5, 0.6) is 5.75 Å². The molecule has 0 spiro atoms. The molecule has 1 aromatic heterocycles. The molecule has 3 aromatic rings. The number of anilines is 1. The first kappa shape index (κ1) is 19.3. The zero-order chi connectivity index (χ0) is 19.9. The molecule has 0 bridgehead atoms. The Morgan fingerprint density at radius 2 is 2.07 bits per heavy atom. The maximum Gasteiger partial charge on any atom is 0.293 e. The standard InChI is InChI=1S/C21H21N3O4/c1-27-20-9-15(2-3-17(20)12-28-13-25)19(10-22)21(26)24-18-5-4-16-11-23-7-6-14(16)8-18/h2-9,11,13,19H,10,12,22H2,1H3,(H,24,26).